The molecule has 8 aliphatic carbocycles. The van der Waals surface area contributed by atoms with E-state index in [-0.39, 0.29) is 0 Å². The highest BCUT2D eigenvalue weighted by Gasteiger charge is 2.60. The second kappa shape index (κ2) is 10.3. The third kappa shape index (κ3) is 4.35. The predicted octanol–water partition coefficient (Wildman–Crippen LogP) is 7.64. The quantitative estimate of drug-likeness (QED) is 0.140. The number of benzene rings is 1. The van der Waals surface area contributed by atoms with E-state index < -0.39 is 23.1 Å². The van der Waals surface area contributed by atoms with E-state index in [0.29, 0.717) is 39.7 Å². The summed E-state index contributed by atoms with van der Waals surface area (Å²) in [6.45, 7) is 4.29. The molecule has 8 fully saturated rings. The third-order valence-corrected chi connectivity index (χ3v) is 12.8. The van der Waals surface area contributed by atoms with E-state index in [1.165, 1.54) is 12.8 Å². The van der Waals surface area contributed by atoms with Gasteiger partial charge in [-0.2, -0.15) is 0 Å². The Bertz CT molecular complexity index is 1030. The van der Waals surface area contributed by atoms with Gasteiger partial charge in [-0.15, -0.1) is 4.33 Å². The number of hydrogen-bond donors (Lipinski definition) is 1. The molecule has 1 aromatic carbocycles. The SMILES string of the molecule is CCC1(OC(=O)c2cc(SOOO)cc(C(=O)OC3(CC)C4CC5CC(C4)CC3C5)c2)C2CC3CC(C2)CC1C3. The summed E-state index contributed by atoms with van der Waals surface area (Å²) in [6.07, 6.45) is 13.4. The lowest BCUT2D eigenvalue weighted by Gasteiger charge is -2.60. The summed E-state index contributed by atoms with van der Waals surface area (Å²) < 4.78 is 17.7. The van der Waals surface area contributed by atoms with Gasteiger partial charge >= 0.3 is 11.9 Å². The van der Waals surface area contributed by atoms with Crippen LogP contribution < -0.4 is 0 Å². The van der Waals surface area contributed by atoms with Crippen molar-refractivity contribution < 1.29 is 33.7 Å². The molecule has 0 saturated heterocycles. The van der Waals surface area contributed by atoms with Gasteiger partial charge in [-0.3, -0.25) is 0 Å². The summed E-state index contributed by atoms with van der Waals surface area (Å²) >= 11 is 0.743. The zero-order chi connectivity index (χ0) is 27.6. The molecule has 0 heterocycles. The lowest BCUT2D eigenvalue weighted by Crippen LogP contribution is -2.59. The molecule has 0 unspecified atom stereocenters. The van der Waals surface area contributed by atoms with E-state index >= 15 is 0 Å². The van der Waals surface area contributed by atoms with E-state index in [0.717, 1.165) is 99.9 Å². The fraction of sp³-hybridized carbons (Fsp3) is 0.750. The molecule has 8 bridgehead atoms. The van der Waals surface area contributed by atoms with Crippen LogP contribution in [0, 0.1) is 47.3 Å². The highest BCUT2D eigenvalue weighted by atomic mass is 32.2. The Balaban J connectivity index is 1.15. The van der Waals surface area contributed by atoms with Crippen molar-refractivity contribution in [3.05, 3.63) is 29.3 Å². The van der Waals surface area contributed by atoms with Gasteiger partial charge in [0.05, 0.1) is 23.2 Å². The zero-order valence-corrected chi connectivity index (χ0v) is 24.5. The van der Waals surface area contributed by atoms with Crippen LogP contribution in [0.15, 0.2) is 23.1 Å². The molecule has 0 spiro atoms. The molecule has 8 heteroatoms. The molecule has 7 nitrogen and oxygen atoms in total. The average molecular weight is 571 g/mol. The topological polar surface area (TPSA) is 91.3 Å². The van der Waals surface area contributed by atoms with Gasteiger partial charge in [-0.25, -0.2) is 14.8 Å². The molecule has 1 N–H and O–H groups in total. The van der Waals surface area contributed by atoms with Crippen molar-refractivity contribution in [2.45, 2.75) is 107 Å². The van der Waals surface area contributed by atoms with Gasteiger partial charge in [0.1, 0.15) is 11.2 Å². The highest BCUT2D eigenvalue weighted by molar-refractivity contribution is 7.94. The summed E-state index contributed by atoms with van der Waals surface area (Å²) in [4.78, 5) is 28.1. The Morgan fingerprint density at radius 2 is 1.07 bits per heavy atom. The average Bonchev–Trinajstić information content (AvgIpc) is 2.95. The van der Waals surface area contributed by atoms with E-state index in [4.69, 9.17) is 19.1 Å². The maximum absolute atomic E-state index is 13.8. The van der Waals surface area contributed by atoms with Crippen LogP contribution in [0.4, 0.5) is 0 Å². The molecule has 0 aromatic heterocycles. The lowest BCUT2D eigenvalue weighted by molar-refractivity contribution is -0.432. The summed E-state index contributed by atoms with van der Waals surface area (Å²) in [5.41, 5.74) is -0.274. The van der Waals surface area contributed by atoms with Crippen LogP contribution in [-0.4, -0.2) is 28.4 Å². The van der Waals surface area contributed by atoms with Crippen molar-refractivity contribution in [3.63, 3.8) is 0 Å². The van der Waals surface area contributed by atoms with Crippen LogP contribution in [0.1, 0.15) is 112 Å². The smallest absolute Gasteiger partial charge is 0.338 e. The first kappa shape index (κ1) is 27.2. The summed E-state index contributed by atoms with van der Waals surface area (Å²) in [7, 11) is 0. The Hall–Kier alpha value is -1.61. The summed E-state index contributed by atoms with van der Waals surface area (Å²) in [6, 6.07) is 4.90. The number of ether oxygens (including phenoxy) is 2. The number of carbonyl (C=O) groups excluding carboxylic acids is 2. The van der Waals surface area contributed by atoms with Crippen LogP contribution >= 0.6 is 12.0 Å². The van der Waals surface area contributed by atoms with Gasteiger partial charge in [0.15, 0.2) is 0 Å². The molecule has 8 aliphatic rings. The molecule has 8 saturated carbocycles. The molecular formula is C32H42O7S. The number of esters is 2. The first-order valence-corrected chi connectivity index (χ1v) is 16.4. The lowest BCUT2D eigenvalue weighted by atomic mass is 9.49. The minimum absolute atomic E-state index is 0.302. The first-order valence-electron chi connectivity index (χ1n) is 15.6. The maximum Gasteiger partial charge on any atom is 0.338 e. The minimum atomic E-state index is -0.439. The van der Waals surface area contributed by atoms with Crippen molar-refractivity contribution >= 4 is 24.0 Å². The second-order valence-electron chi connectivity index (χ2n) is 14.0. The first-order chi connectivity index (χ1) is 19.4. The summed E-state index contributed by atoms with van der Waals surface area (Å²) in [5, 5.41) is 12.6. The number of hydrogen-bond acceptors (Lipinski definition) is 8. The Morgan fingerprint density at radius 1 is 0.700 bits per heavy atom. The molecule has 1 aromatic rings. The molecular weight excluding hydrogens is 528 g/mol. The minimum Gasteiger partial charge on any atom is -0.455 e. The molecule has 0 aliphatic heterocycles. The van der Waals surface area contributed by atoms with Crippen molar-refractivity contribution in [2.75, 3.05) is 0 Å². The maximum atomic E-state index is 13.8. The van der Waals surface area contributed by atoms with Gasteiger partial charge in [0.2, 0.25) is 0 Å². The van der Waals surface area contributed by atoms with Gasteiger partial charge < -0.3 is 9.47 Å². The fourth-order valence-electron chi connectivity index (χ4n) is 11.0. The van der Waals surface area contributed by atoms with Crippen molar-refractivity contribution in [2.24, 2.45) is 47.3 Å². The van der Waals surface area contributed by atoms with Crippen LogP contribution in [0.2, 0.25) is 0 Å². The van der Waals surface area contributed by atoms with Crippen LogP contribution in [0.3, 0.4) is 0 Å². The standard InChI is InChI=1S/C32H42O7S/c1-3-31(24-7-18-5-19(9-24)10-25(31)8-18)36-29(33)22-15-23(17-28(16-22)40-39-38-35)30(34)37-32(4-2)26-11-20-6-21(13-26)14-27(32)12-20/h15-21,24-27,35H,3-14H2,1-2H3. The Labute approximate surface area is 241 Å². The number of carbonyl (C=O) groups is 2. The second-order valence-corrected chi connectivity index (χ2v) is 14.8. The molecule has 0 radical (unpaired) electrons. The van der Waals surface area contributed by atoms with Crippen molar-refractivity contribution in [1.82, 2.24) is 0 Å². The molecule has 0 atom stereocenters. The highest BCUT2D eigenvalue weighted by Crippen LogP contribution is 2.62. The molecule has 0 amide bonds. The van der Waals surface area contributed by atoms with E-state index in [9.17, 15) is 9.59 Å². The monoisotopic (exact) mass is 570 g/mol. The Morgan fingerprint density at radius 3 is 1.40 bits per heavy atom. The molecule has 218 valence electrons. The van der Waals surface area contributed by atoms with Gasteiger partial charge in [-0.05, 0) is 143 Å². The molecule has 40 heavy (non-hydrogen) atoms. The fourth-order valence-corrected chi connectivity index (χ4v) is 11.5. The van der Waals surface area contributed by atoms with Gasteiger partial charge in [0, 0.05) is 4.90 Å². The zero-order valence-electron chi connectivity index (χ0n) is 23.6. The van der Waals surface area contributed by atoms with Crippen LogP contribution in [0.5, 0.6) is 0 Å². The Kier molecular flexibility index (Phi) is 7.00. The normalized spacial score (nSPS) is 42.3. The van der Waals surface area contributed by atoms with Crippen LogP contribution in [-0.2, 0) is 18.8 Å². The van der Waals surface area contributed by atoms with E-state index in [1.54, 1.807) is 18.2 Å². The van der Waals surface area contributed by atoms with Crippen molar-refractivity contribution in [1.29, 1.82) is 0 Å². The van der Waals surface area contributed by atoms with Crippen molar-refractivity contribution in [3.8, 4) is 0 Å². The van der Waals surface area contributed by atoms with E-state index in [1.807, 2.05) is 0 Å². The number of rotatable bonds is 9. The van der Waals surface area contributed by atoms with E-state index in [2.05, 4.69) is 18.9 Å². The van der Waals surface area contributed by atoms with Crippen LogP contribution in [0.25, 0.3) is 0 Å². The predicted molar refractivity (Wildman–Crippen MR) is 148 cm³/mol. The summed E-state index contributed by atoms with van der Waals surface area (Å²) in [5.74, 6) is 3.91. The third-order valence-electron chi connectivity index (χ3n) is 12.2. The van der Waals surface area contributed by atoms with Gasteiger partial charge in [0.25, 0.3) is 0 Å². The molecule has 9 rings (SSSR count). The largest absolute Gasteiger partial charge is 0.455 e. The van der Waals surface area contributed by atoms with Gasteiger partial charge in [-0.1, -0.05) is 18.9 Å².